The number of carbonyl (C=O) groups excluding carboxylic acids is 1. The quantitative estimate of drug-likeness (QED) is 0.532. The van der Waals surface area contributed by atoms with Crippen LogP contribution >= 0.6 is 0 Å². The third kappa shape index (κ3) is 5.09. The number of amides is 1. The summed E-state index contributed by atoms with van der Waals surface area (Å²) in [6, 6.07) is 14.8. The van der Waals surface area contributed by atoms with Crippen molar-refractivity contribution in [2.75, 3.05) is 25.0 Å². The van der Waals surface area contributed by atoms with Gasteiger partial charge in [-0.25, -0.2) is 4.98 Å². The van der Waals surface area contributed by atoms with Crippen molar-refractivity contribution in [3.8, 4) is 0 Å². The van der Waals surface area contributed by atoms with Crippen molar-refractivity contribution in [1.29, 1.82) is 0 Å². The molecule has 5 nitrogen and oxygen atoms in total. The van der Waals surface area contributed by atoms with E-state index in [4.69, 9.17) is 4.98 Å². The molecule has 0 aliphatic rings. The molecule has 0 spiro atoms. The van der Waals surface area contributed by atoms with E-state index < -0.39 is 0 Å². The molecule has 0 saturated carbocycles. The number of aryl methyl sites for hydroxylation is 1. The maximum Gasteiger partial charge on any atom is 0.243 e. The number of rotatable bonds is 9. The van der Waals surface area contributed by atoms with Gasteiger partial charge < -0.3 is 14.8 Å². The van der Waals surface area contributed by atoms with E-state index in [0.717, 1.165) is 54.8 Å². The number of fused-ring (bicyclic) bond motifs is 1. The highest BCUT2D eigenvalue weighted by Crippen LogP contribution is 2.24. The van der Waals surface area contributed by atoms with Crippen LogP contribution in [0.25, 0.3) is 17.1 Å². The third-order valence-electron chi connectivity index (χ3n) is 5.30. The molecule has 0 aliphatic heterocycles. The Hall–Kier alpha value is -3.08. The second kappa shape index (κ2) is 10.1. The number of likely N-dealkylation sites (N-methyl/N-ethyl adjacent to an activating group) is 1. The fraction of sp³-hybridized carbons (Fsp3) is 0.360. The normalized spacial score (nSPS) is 11.3. The van der Waals surface area contributed by atoms with Gasteiger partial charge in [-0.3, -0.25) is 4.79 Å². The fourth-order valence-electron chi connectivity index (χ4n) is 3.75. The van der Waals surface area contributed by atoms with Crippen molar-refractivity contribution in [3.05, 3.63) is 65.5 Å². The maximum atomic E-state index is 11.4. The van der Waals surface area contributed by atoms with Crippen LogP contribution in [0.4, 0.5) is 5.69 Å². The number of nitrogens with one attached hydrogen (secondary N) is 1. The average molecular weight is 405 g/mol. The van der Waals surface area contributed by atoms with Crippen LogP contribution in [0, 0.1) is 0 Å². The summed E-state index contributed by atoms with van der Waals surface area (Å²) in [7, 11) is 3.71. The van der Waals surface area contributed by atoms with Gasteiger partial charge in [-0.15, -0.1) is 0 Å². The van der Waals surface area contributed by atoms with Crippen LogP contribution in [0.5, 0.6) is 0 Å². The summed E-state index contributed by atoms with van der Waals surface area (Å²) in [5.41, 5.74) is 5.62. The Morgan fingerprint density at radius 3 is 2.60 bits per heavy atom. The molecule has 1 amide bonds. The standard InChI is InChI=1S/C25H32N4O/c1-5-14-29(15-6-2)21-11-12-23-22(18-21)27-24(28(23)4)17-20-9-7-8-19(16-20)10-13-25(30)26-3/h7-13,16,18H,5-6,14-15,17H2,1-4H3,(H,26,30)/b13-10+. The molecule has 0 unspecified atom stereocenters. The summed E-state index contributed by atoms with van der Waals surface area (Å²) in [4.78, 5) is 18.8. The van der Waals surface area contributed by atoms with Crippen molar-refractivity contribution in [3.63, 3.8) is 0 Å². The number of anilines is 1. The van der Waals surface area contributed by atoms with Gasteiger partial charge in [-0.1, -0.05) is 38.1 Å². The first kappa shape index (κ1) is 21.6. The number of nitrogens with zero attached hydrogens (tertiary/aromatic N) is 3. The van der Waals surface area contributed by atoms with Gasteiger partial charge in [-0.05, 0) is 48.2 Å². The van der Waals surface area contributed by atoms with Crippen LogP contribution < -0.4 is 10.2 Å². The molecule has 0 fully saturated rings. The Morgan fingerprint density at radius 2 is 1.90 bits per heavy atom. The van der Waals surface area contributed by atoms with E-state index in [-0.39, 0.29) is 5.91 Å². The molecule has 1 heterocycles. The highest BCUT2D eigenvalue weighted by molar-refractivity contribution is 5.91. The molecular formula is C25H32N4O. The maximum absolute atomic E-state index is 11.4. The molecular weight excluding hydrogens is 372 g/mol. The predicted molar refractivity (Wildman–Crippen MR) is 126 cm³/mol. The second-order valence-corrected chi connectivity index (χ2v) is 7.62. The van der Waals surface area contributed by atoms with Crippen LogP contribution in [0.2, 0.25) is 0 Å². The molecule has 158 valence electrons. The largest absolute Gasteiger partial charge is 0.371 e. The second-order valence-electron chi connectivity index (χ2n) is 7.62. The van der Waals surface area contributed by atoms with E-state index in [1.54, 1.807) is 13.1 Å². The van der Waals surface area contributed by atoms with Gasteiger partial charge in [0.15, 0.2) is 0 Å². The van der Waals surface area contributed by atoms with Crippen LogP contribution in [-0.2, 0) is 18.3 Å². The molecule has 3 aromatic rings. The highest BCUT2D eigenvalue weighted by atomic mass is 16.1. The lowest BCUT2D eigenvalue weighted by molar-refractivity contribution is -0.115. The molecule has 5 heteroatoms. The minimum Gasteiger partial charge on any atom is -0.371 e. The van der Waals surface area contributed by atoms with E-state index in [0.29, 0.717) is 0 Å². The average Bonchev–Trinajstić information content (AvgIpc) is 3.06. The van der Waals surface area contributed by atoms with Gasteiger partial charge in [0, 0.05) is 45.4 Å². The van der Waals surface area contributed by atoms with Crippen molar-refractivity contribution < 1.29 is 4.79 Å². The van der Waals surface area contributed by atoms with Crippen molar-refractivity contribution >= 4 is 28.7 Å². The lowest BCUT2D eigenvalue weighted by Crippen LogP contribution is -2.24. The van der Waals surface area contributed by atoms with E-state index >= 15 is 0 Å². The first-order chi connectivity index (χ1) is 14.5. The molecule has 0 aliphatic carbocycles. The predicted octanol–water partition coefficient (Wildman–Crippen LogP) is 4.55. The number of aromatic nitrogens is 2. The molecule has 0 saturated heterocycles. The van der Waals surface area contributed by atoms with E-state index in [2.05, 4.69) is 66.0 Å². The summed E-state index contributed by atoms with van der Waals surface area (Å²) >= 11 is 0. The number of hydrogen-bond donors (Lipinski definition) is 1. The Labute approximate surface area is 179 Å². The number of carbonyl (C=O) groups is 1. The molecule has 1 N–H and O–H groups in total. The minimum atomic E-state index is -0.105. The zero-order chi connectivity index (χ0) is 21.5. The molecule has 0 bridgehead atoms. The first-order valence-electron chi connectivity index (χ1n) is 10.7. The van der Waals surface area contributed by atoms with E-state index in [1.807, 2.05) is 18.2 Å². The highest BCUT2D eigenvalue weighted by Gasteiger charge is 2.12. The van der Waals surface area contributed by atoms with Gasteiger partial charge in [0.25, 0.3) is 0 Å². The molecule has 3 rings (SSSR count). The summed E-state index contributed by atoms with van der Waals surface area (Å²) in [6.45, 7) is 6.57. The molecule has 1 aromatic heterocycles. The van der Waals surface area contributed by atoms with Gasteiger partial charge in [0.05, 0.1) is 11.0 Å². The zero-order valence-electron chi connectivity index (χ0n) is 18.5. The van der Waals surface area contributed by atoms with Crippen LogP contribution in [0.3, 0.4) is 0 Å². The van der Waals surface area contributed by atoms with Gasteiger partial charge >= 0.3 is 0 Å². The minimum absolute atomic E-state index is 0.105. The topological polar surface area (TPSA) is 50.2 Å². The summed E-state index contributed by atoms with van der Waals surface area (Å²) in [6.07, 6.45) is 6.40. The Kier molecular flexibility index (Phi) is 7.28. The molecule has 2 aromatic carbocycles. The lowest BCUT2D eigenvalue weighted by atomic mass is 10.1. The molecule has 0 radical (unpaired) electrons. The van der Waals surface area contributed by atoms with Crippen LogP contribution in [0.15, 0.2) is 48.5 Å². The van der Waals surface area contributed by atoms with Crippen molar-refractivity contribution in [2.24, 2.45) is 7.05 Å². The van der Waals surface area contributed by atoms with Crippen LogP contribution in [0.1, 0.15) is 43.6 Å². The van der Waals surface area contributed by atoms with Crippen LogP contribution in [-0.4, -0.2) is 35.6 Å². The summed E-state index contributed by atoms with van der Waals surface area (Å²) in [5.74, 6) is 0.930. The zero-order valence-corrected chi connectivity index (χ0v) is 18.5. The monoisotopic (exact) mass is 404 g/mol. The van der Waals surface area contributed by atoms with Gasteiger partial charge in [-0.2, -0.15) is 0 Å². The van der Waals surface area contributed by atoms with E-state index in [1.165, 1.54) is 11.3 Å². The first-order valence-corrected chi connectivity index (χ1v) is 10.7. The van der Waals surface area contributed by atoms with Gasteiger partial charge in [0.1, 0.15) is 5.82 Å². The number of benzene rings is 2. The summed E-state index contributed by atoms with van der Waals surface area (Å²) < 4.78 is 2.18. The molecule has 0 atom stereocenters. The number of imidazole rings is 1. The smallest absolute Gasteiger partial charge is 0.243 e. The Morgan fingerprint density at radius 1 is 1.13 bits per heavy atom. The van der Waals surface area contributed by atoms with E-state index in [9.17, 15) is 4.79 Å². The third-order valence-corrected chi connectivity index (χ3v) is 5.30. The Bertz CT molecular complexity index is 1030. The number of hydrogen-bond acceptors (Lipinski definition) is 3. The SMILES string of the molecule is CCCN(CCC)c1ccc2c(c1)nc(Cc1cccc(/C=C/C(=O)NC)c1)n2C. The lowest BCUT2D eigenvalue weighted by Gasteiger charge is -2.23. The van der Waals surface area contributed by atoms with Crippen molar-refractivity contribution in [2.45, 2.75) is 33.1 Å². The van der Waals surface area contributed by atoms with Crippen molar-refractivity contribution in [1.82, 2.24) is 14.9 Å². The Balaban J connectivity index is 1.85. The summed E-state index contributed by atoms with van der Waals surface area (Å²) in [5, 5.41) is 2.60. The fourth-order valence-corrected chi connectivity index (χ4v) is 3.75. The molecule has 30 heavy (non-hydrogen) atoms. The van der Waals surface area contributed by atoms with Gasteiger partial charge in [0.2, 0.25) is 5.91 Å².